The third-order valence-electron chi connectivity index (χ3n) is 4.24. The molecule has 16 heavy (non-hydrogen) atoms. The number of hydrogen-bond acceptors (Lipinski definition) is 2. The summed E-state index contributed by atoms with van der Waals surface area (Å²) in [6, 6.07) is 12.3. The molecule has 0 radical (unpaired) electrons. The molecule has 1 aromatic rings. The lowest BCUT2D eigenvalue weighted by Crippen LogP contribution is -2.36. The molecule has 3 rings (SSSR count). The minimum atomic E-state index is 0.580. The lowest BCUT2D eigenvalue weighted by Gasteiger charge is -2.27. The van der Waals surface area contributed by atoms with E-state index in [2.05, 4.69) is 54.4 Å². The van der Waals surface area contributed by atoms with Crippen molar-refractivity contribution in [2.45, 2.75) is 31.3 Å². The molecule has 0 bridgehead atoms. The zero-order chi connectivity index (χ0) is 11.1. The topological polar surface area (TPSA) is 6.48 Å². The van der Waals surface area contributed by atoms with E-state index in [4.69, 9.17) is 0 Å². The fourth-order valence-electron chi connectivity index (χ4n) is 2.99. The first-order valence-corrected chi connectivity index (χ1v) is 6.28. The molecular formula is C14H20N2. The van der Waals surface area contributed by atoms with E-state index < -0.39 is 0 Å². The van der Waals surface area contributed by atoms with Crippen molar-refractivity contribution in [3.63, 3.8) is 0 Å². The van der Waals surface area contributed by atoms with Crippen molar-refractivity contribution in [3.05, 3.63) is 35.9 Å². The van der Waals surface area contributed by atoms with Gasteiger partial charge in [-0.2, -0.15) is 0 Å². The van der Waals surface area contributed by atoms with Crippen LogP contribution in [0.15, 0.2) is 30.3 Å². The van der Waals surface area contributed by atoms with Gasteiger partial charge in [0.2, 0.25) is 0 Å². The lowest BCUT2D eigenvalue weighted by molar-refractivity contribution is 0.0200. The molecule has 2 aliphatic rings. The van der Waals surface area contributed by atoms with Crippen LogP contribution in [0.3, 0.4) is 0 Å². The predicted octanol–water partition coefficient (Wildman–Crippen LogP) is 2.69. The van der Waals surface area contributed by atoms with Gasteiger partial charge in [0.1, 0.15) is 0 Å². The zero-order valence-electron chi connectivity index (χ0n) is 10.1. The number of rotatable bonds is 2. The maximum Gasteiger partial charge on any atom is 0.0507 e. The van der Waals surface area contributed by atoms with Crippen LogP contribution in [-0.2, 0) is 0 Å². The van der Waals surface area contributed by atoms with Gasteiger partial charge in [0, 0.05) is 20.1 Å². The molecular weight excluding hydrogens is 196 g/mol. The molecule has 0 amide bonds. The molecule has 1 aliphatic heterocycles. The van der Waals surface area contributed by atoms with Crippen LogP contribution < -0.4 is 0 Å². The molecule has 0 unspecified atom stereocenters. The number of hydrogen-bond donors (Lipinski definition) is 0. The Bertz CT molecular complexity index is 358. The second kappa shape index (κ2) is 3.86. The Morgan fingerprint density at radius 2 is 1.69 bits per heavy atom. The Morgan fingerprint density at radius 1 is 1.00 bits per heavy atom. The van der Waals surface area contributed by atoms with E-state index in [1.165, 1.54) is 24.8 Å². The molecule has 0 spiro atoms. The average molecular weight is 216 g/mol. The van der Waals surface area contributed by atoms with Crippen molar-refractivity contribution >= 4 is 0 Å². The molecule has 1 aromatic carbocycles. The van der Waals surface area contributed by atoms with E-state index in [0.29, 0.717) is 6.04 Å². The minimum Gasteiger partial charge on any atom is -0.241 e. The largest absolute Gasteiger partial charge is 0.241 e. The molecule has 2 atom stereocenters. The number of hydrazine groups is 1. The highest BCUT2D eigenvalue weighted by Crippen LogP contribution is 2.44. The van der Waals surface area contributed by atoms with E-state index in [1.54, 1.807) is 0 Å². The van der Waals surface area contributed by atoms with Crippen LogP contribution in [0.1, 0.15) is 30.9 Å². The normalized spacial score (nSPS) is 32.1. The molecule has 1 aliphatic carbocycles. The van der Waals surface area contributed by atoms with Gasteiger partial charge in [-0.05, 0) is 30.7 Å². The van der Waals surface area contributed by atoms with Crippen LogP contribution in [0.5, 0.6) is 0 Å². The van der Waals surface area contributed by atoms with Crippen LogP contribution in [0.2, 0.25) is 0 Å². The third-order valence-corrected chi connectivity index (χ3v) is 4.24. The number of benzene rings is 1. The fourth-order valence-corrected chi connectivity index (χ4v) is 2.99. The smallest absolute Gasteiger partial charge is 0.0507 e. The Hall–Kier alpha value is -0.860. The average Bonchev–Trinajstić information content (AvgIpc) is 3.10. The van der Waals surface area contributed by atoms with Crippen LogP contribution in [0.25, 0.3) is 0 Å². The van der Waals surface area contributed by atoms with E-state index in [1.807, 2.05) is 0 Å². The second-order valence-electron chi connectivity index (χ2n) is 5.21. The van der Waals surface area contributed by atoms with Gasteiger partial charge in [0.05, 0.1) is 6.04 Å². The summed E-state index contributed by atoms with van der Waals surface area (Å²) < 4.78 is 0. The maximum absolute atomic E-state index is 2.45. The first-order valence-electron chi connectivity index (χ1n) is 6.28. The summed E-state index contributed by atoms with van der Waals surface area (Å²) in [5.41, 5.74) is 1.46. The van der Waals surface area contributed by atoms with E-state index >= 15 is 0 Å². The molecule has 2 heteroatoms. The van der Waals surface area contributed by atoms with E-state index in [-0.39, 0.29) is 0 Å². The molecule has 2 fully saturated rings. The van der Waals surface area contributed by atoms with E-state index in [0.717, 1.165) is 12.0 Å². The fraction of sp³-hybridized carbons (Fsp3) is 0.571. The lowest BCUT2D eigenvalue weighted by atomic mass is 9.99. The van der Waals surface area contributed by atoms with Crippen molar-refractivity contribution in [2.75, 3.05) is 14.1 Å². The van der Waals surface area contributed by atoms with Crippen molar-refractivity contribution in [1.82, 2.24) is 10.0 Å². The molecule has 86 valence electrons. The van der Waals surface area contributed by atoms with Gasteiger partial charge >= 0.3 is 0 Å². The molecule has 1 saturated carbocycles. The summed E-state index contributed by atoms with van der Waals surface area (Å²) in [5, 5.41) is 4.87. The van der Waals surface area contributed by atoms with Gasteiger partial charge in [0.15, 0.2) is 0 Å². The van der Waals surface area contributed by atoms with Crippen LogP contribution in [-0.4, -0.2) is 30.2 Å². The van der Waals surface area contributed by atoms with Crippen molar-refractivity contribution in [2.24, 2.45) is 5.92 Å². The van der Waals surface area contributed by atoms with Crippen molar-refractivity contribution in [1.29, 1.82) is 0 Å². The highest BCUT2D eigenvalue weighted by molar-refractivity contribution is 5.20. The Morgan fingerprint density at radius 3 is 2.31 bits per heavy atom. The summed E-state index contributed by atoms with van der Waals surface area (Å²) in [5.74, 6) is 0.959. The van der Waals surface area contributed by atoms with E-state index in [9.17, 15) is 0 Å². The Kier molecular flexibility index (Phi) is 2.49. The van der Waals surface area contributed by atoms with Crippen molar-refractivity contribution in [3.8, 4) is 0 Å². The Labute approximate surface area is 97.8 Å². The highest BCUT2D eigenvalue weighted by atomic mass is 15.6. The van der Waals surface area contributed by atoms with Gasteiger partial charge in [-0.1, -0.05) is 30.3 Å². The summed E-state index contributed by atoms with van der Waals surface area (Å²) >= 11 is 0. The van der Waals surface area contributed by atoms with Gasteiger partial charge in [-0.3, -0.25) is 0 Å². The standard InChI is InChI=1S/C14H20N2/c1-15-13(11-6-4-3-5-7-11)10-14(16(15)2)12-8-9-12/h3-7,12-14H,8-10H2,1-2H3/t13-,14+/m1/s1. The molecule has 0 aromatic heterocycles. The first-order chi connectivity index (χ1) is 7.77. The zero-order valence-corrected chi connectivity index (χ0v) is 10.1. The molecule has 0 N–H and O–H groups in total. The SMILES string of the molecule is CN1[C@@H](c2ccccc2)C[C@@H](C2CC2)N1C. The van der Waals surface area contributed by atoms with Gasteiger partial charge in [0.25, 0.3) is 0 Å². The van der Waals surface area contributed by atoms with Crippen LogP contribution in [0.4, 0.5) is 0 Å². The number of nitrogens with zero attached hydrogens (tertiary/aromatic N) is 2. The molecule has 2 nitrogen and oxygen atoms in total. The van der Waals surface area contributed by atoms with Gasteiger partial charge < -0.3 is 0 Å². The third kappa shape index (κ3) is 1.66. The monoisotopic (exact) mass is 216 g/mol. The first kappa shape index (κ1) is 10.3. The van der Waals surface area contributed by atoms with Crippen molar-refractivity contribution < 1.29 is 0 Å². The second-order valence-corrected chi connectivity index (χ2v) is 5.21. The maximum atomic E-state index is 2.45. The Balaban J connectivity index is 1.82. The van der Waals surface area contributed by atoms with Gasteiger partial charge in [-0.15, -0.1) is 0 Å². The van der Waals surface area contributed by atoms with Gasteiger partial charge in [-0.25, -0.2) is 10.0 Å². The summed E-state index contributed by atoms with van der Waals surface area (Å²) in [7, 11) is 4.46. The van der Waals surface area contributed by atoms with Crippen LogP contribution in [0, 0.1) is 5.92 Å². The summed E-state index contributed by atoms with van der Waals surface area (Å²) in [6.45, 7) is 0. The van der Waals surface area contributed by atoms with Crippen LogP contribution >= 0.6 is 0 Å². The predicted molar refractivity (Wildman–Crippen MR) is 65.8 cm³/mol. The minimum absolute atomic E-state index is 0.580. The quantitative estimate of drug-likeness (QED) is 0.750. The summed E-state index contributed by atoms with van der Waals surface area (Å²) in [4.78, 5) is 0. The summed E-state index contributed by atoms with van der Waals surface area (Å²) in [6.07, 6.45) is 4.16. The molecule has 1 heterocycles. The molecule has 1 saturated heterocycles. The highest BCUT2D eigenvalue weighted by Gasteiger charge is 2.43.